The Balaban J connectivity index is 1.88. The summed E-state index contributed by atoms with van der Waals surface area (Å²) in [7, 11) is 0. The van der Waals surface area contributed by atoms with Gasteiger partial charge in [0, 0.05) is 34.4 Å². The third-order valence-corrected chi connectivity index (χ3v) is 4.54. The van der Waals surface area contributed by atoms with Gasteiger partial charge >= 0.3 is 0 Å². The minimum atomic E-state index is 0.338. The topological polar surface area (TPSA) is 23.5 Å². The number of rotatable bonds is 3. The summed E-state index contributed by atoms with van der Waals surface area (Å²) >= 11 is 5.28. The summed E-state index contributed by atoms with van der Waals surface area (Å²) in [5, 5.41) is 11.3. The zero-order valence-electron chi connectivity index (χ0n) is 8.66. The highest BCUT2D eigenvalue weighted by atomic mass is 79.9. The van der Waals surface area contributed by atoms with Crippen LogP contribution >= 0.6 is 27.3 Å². The van der Waals surface area contributed by atoms with E-state index in [1.54, 1.807) is 11.3 Å². The van der Waals surface area contributed by atoms with Crippen LogP contribution in [0.25, 0.3) is 0 Å². The Morgan fingerprint density at radius 3 is 3.13 bits per heavy atom. The van der Waals surface area contributed by atoms with E-state index in [2.05, 4.69) is 32.3 Å². The fourth-order valence-electron chi connectivity index (χ4n) is 2.10. The first kappa shape index (κ1) is 11.6. The molecule has 0 aromatic carbocycles. The molecule has 0 amide bonds. The van der Waals surface area contributed by atoms with E-state index in [1.165, 1.54) is 28.7 Å². The van der Waals surface area contributed by atoms with Gasteiger partial charge in [0.15, 0.2) is 0 Å². The lowest BCUT2D eigenvalue weighted by Crippen LogP contribution is -2.36. The molecule has 84 valence electrons. The van der Waals surface area contributed by atoms with E-state index < -0.39 is 0 Å². The first-order valence-electron chi connectivity index (χ1n) is 5.34. The van der Waals surface area contributed by atoms with E-state index in [0.29, 0.717) is 12.5 Å². The summed E-state index contributed by atoms with van der Waals surface area (Å²) in [6.07, 6.45) is 2.40. The molecule has 1 unspecified atom stereocenters. The molecule has 0 aliphatic carbocycles. The Morgan fingerprint density at radius 1 is 1.60 bits per heavy atom. The molecule has 1 saturated heterocycles. The van der Waals surface area contributed by atoms with Gasteiger partial charge in [-0.25, -0.2) is 0 Å². The molecule has 0 spiro atoms. The van der Waals surface area contributed by atoms with Crippen LogP contribution in [0.1, 0.15) is 17.7 Å². The second-order valence-corrected chi connectivity index (χ2v) is 6.07. The fourth-order valence-corrected chi connectivity index (χ4v) is 3.59. The van der Waals surface area contributed by atoms with Crippen LogP contribution in [0.15, 0.2) is 15.9 Å². The van der Waals surface area contributed by atoms with Crippen LogP contribution in [0.5, 0.6) is 0 Å². The number of aliphatic hydroxyl groups is 1. The van der Waals surface area contributed by atoms with Crippen LogP contribution in [-0.2, 0) is 6.54 Å². The molecular formula is C11H16BrNOS. The van der Waals surface area contributed by atoms with E-state index in [0.717, 1.165) is 13.1 Å². The van der Waals surface area contributed by atoms with E-state index >= 15 is 0 Å². The highest BCUT2D eigenvalue weighted by Gasteiger charge is 2.19. The van der Waals surface area contributed by atoms with Crippen molar-refractivity contribution in [1.82, 2.24) is 4.90 Å². The number of hydrogen-bond acceptors (Lipinski definition) is 3. The van der Waals surface area contributed by atoms with E-state index in [9.17, 15) is 0 Å². The van der Waals surface area contributed by atoms with Gasteiger partial charge in [0.05, 0.1) is 0 Å². The van der Waals surface area contributed by atoms with Crippen LogP contribution in [-0.4, -0.2) is 29.7 Å². The number of thiophene rings is 1. The number of nitrogens with zero attached hydrogens (tertiary/aromatic N) is 1. The highest BCUT2D eigenvalue weighted by molar-refractivity contribution is 9.10. The smallest absolute Gasteiger partial charge is 0.0471 e. The largest absolute Gasteiger partial charge is 0.396 e. The van der Waals surface area contributed by atoms with Crippen molar-refractivity contribution in [2.24, 2.45) is 5.92 Å². The summed E-state index contributed by atoms with van der Waals surface area (Å²) in [5.74, 6) is 0.488. The average molecular weight is 290 g/mol. The summed E-state index contributed by atoms with van der Waals surface area (Å²) in [6.45, 7) is 3.59. The van der Waals surface area contributed by atoms with Crippen LogP contribution in [0.2, 0.25) is 0 Å². The van der Waals surface area contributed by atoms with Gasteiger partial charge in [-0.2, -0.15) is 0 Å². The van der Waals surface area contributed by atoms with Crippen LogP contribution in [0.4, 0.5) is 0 Å². The zero-order valence-corrected chi connectivity index (χ0v) is 11.1. The molecule has 1 aliphatic heterocycles. The SMILES string of the molecule is OCC1CCCN(Cc2cc(Br)cs2)C1. The van der Waals surface area contributed by atoms with Gasteiger partial charge in [-0.1, -0.05) is 0 Å². The first-order chi connectivity index (χ1) is 7.28. The molecule has 1 N–H and O–H groups in total. The molecule has 0 bridgehead atoms. The number of likely N-dealkylation sites (tertiary alicyclic amines) is 1. The summed E-state index contributed by atoms with van der Waals surface area (Å²) in [4.78, 5) is 3.85. The Labute approximate surface area is 103 Å². The van der Waals surface area contributed by atoms with E-state index in [1.807, 2.05) is 0 Å². The van der Waals surface area contributed by atoms with Crippen LogP contribution in [0, 0.1) is 5.92 Å². The third-order valence-electron chi connectivity index (χ3n) is 2.86. The maximum atomic E-state index is 9.15. The molecule has 2 rings (SSSR count). The molecular weight excluding hydrogens is 274 g/mol. The number of halogens is 1. The second kappa shape index (κ2) is 5.43. The third kappa shape index (κ3) is 3.28. The van der Waals surface area contributed by atoms with Crippen LogP contribution < -0.4 is 0 Å². The monoisotopic (exact) mass is 289 g/mol. The van der Waals surface area contributed by atoms with Crippen LogP contribution in [0.3, 0.4) is 0 Å². The molecule has 1 fully saturated rings. The Kier molecular flexibility index (Phi) is 4.20. The van der Waals surface area contributed by atoms with Crippen molar-refractivity contribution in [2.45, 2.75) is 19.4 Å². The molecule has 15 heavy (non-hydrogen) atoms. The molecule has 1 aromatic rings. The van der Waals surface area contributed by atoms with E-state index in [-0.39, 0.29) is 0 Å². The van der Waals surface area contributed by atoms with Crippen molar-refractivity contribution >= 4 is 27.3 Å². The molecule has 0 radical (unpaired) electrons. The van der Waals surface area contributed by atoms with Gasteiger partial charge in [-0.05, 0) is 47.3 Å². The molecule has 0 saturated carbocycles. The van der Waals surface area contributed by atoms with Gasteiger partial charge in [-0.15, -0.1) is 11.3 Å². The van der Waals surface area contributed by atoms with Crippen molar-refractivity contribution in [3.63, 3.8) is 0 Å². The van der Waals surface area contributed by atoms with Crippen molar-refractivity contribution in [3.05, 3.63) is 20.8 Å². The average Bonchev–Trinajstić information content (AvgIpc) is 2.64. The molecule has 4 heteroatoms. The van der Waals surface area contributed by atoms with Crippen molar-refractivity contribution < 1.29 is 5.11 Å². The number of aliphatic hydroxyl groups excluding tert-OH is 1. The quantitative estimate of drug-likeness (QED) is 0.925. The van der Waals surface area contributed by atoms with Crippen molar-refractivity contribution in [1.29, 1.82) is 0 Å². The first-order valence-corrected chi connectivity index (χ1v) is 7.01. The Morgan fingerprint density at radius 2 is 2.47 bits per heavy atom. The van der Waals surface area contributed by atoms with E-state index in [4.69, 9.17) is 5.11 Å². The maximum absolute atomic E-state index is 9.15. The zero-order chi connectivity index (χ0) is 10.7. The predicted molar refractivity (Wildman–Crippen MR) is 67.1 cm³/mol. The Bertz CT molecular complexity index is 315. The number of piperidine rings is 1. The lowest BCUT2D eigenvalue weighted by atomic mass is 9.99. The number of hydrogen-bond donors (Lipinski definition) is 1. The van der Waals surface area contributed by atoms with Gasteiger partial charge in [0.2, 0.25) is 0 Å². The Hall–Kier alpha value is 0.1000. The van der Waals surface area contributed by atoms with Gasteiger partial charge in [0.1, 0.15) is 0 Å². The maximum Gasteiger partial charge on any atom is 0.0471 e. The highest BCUT2D eigenvalue weighted by Crippen LogP contribution is 2.23. The molecule has 2 nitrogen and oxygen atoms in total. The molecule has 2 heterocycles. The minimum Gasteiger partial charge on any atom is -0.396 e. The van der Waals surface area contributed by atoms with Gasteiger partial charge in [0.25, 0.3) is 0 Å². The lowest BCUT2D eigenvalue weighted by molar-refractivity contribution is 0.116. The standard InChI is InChI=1S/C11H16BrNOS/c12-10-4-11(15-8-10)6-13-3-1-2-9(5-13)7-14/h4,8-9,14H,1-3,5-7H2. The lowest BCUT2D eigenvalue weighted by Gasteiger charge is -2.31. The molecule has 1 aromatic heterocycles. The van der Waals surface area contributed by atoms with Gasteiger partial charge < -0.3 is 5.11 Å². The second-order valence-electron chi connectivity index (χ2n) is 4.16. The van der Waals surface area contributed by atoms with Crippen molar-refractivity contribution in [3.8, 4) is 0 Å². The minimum absolute atomic E-state index is 0.338. The summed E-state index contributed by atoms with van der Waals surface area (Å²) in [5.41, 5.74) is 0. The molecule has 1 aliphatic rings. The van der Waals surface area contributed by atoms with Crippen molar-refractivity contribution in [2.75, 3.05) is 19.7 Å². The molecule has 1 atom stereocenters. The van der Waals surface area contributed by atoms with Gasteiger partial charge in [-0.3, -0.25) is 4.90 Å². The fraction of sp³-hybridized carbons (Fsp3) is 0.636. The summed E-state index contributed by atoms with van der Waals surface area (Å²) < 4.78 is 1.18. The summed E-state index contributed by atoms with van der Waals surface area (Å²) in [6, 6.07) is 2.19. The predicted octanol–water partition coefficient (Wildman–Crippen LogP) is 2.71. The normalized spacial score (nSPS) is 23.2.